The van der Waals surface area contributed by atoms with E-state index in [1.165, 1.54) is 18.2 Å². The van der Waals surface area contributed by atoms with Gasteiger partial charge in [0, 0.05) is 32.3 Å². The molecule has 0 aliphatic carbocycles. The number of carbonyl (C=O) groups excluding carboxylic acids is 1. The number of esters is 1. The molecule has 0 amide bonds. The summed E-state index contributed by atoms with van der Waals surface area (Å²) in [6, 6.07) is 4.88. The molecule has 2 aromatic rings. The third-order valence-electron chi connectivity index (χ3n) is 4.78. The first kappa shape index (κ1) is 23.7. The van der Waals surface area contributed by atoms with Crippen LogP contribution in [0.15, 0.2) is 34.7 Å². The van der Waals surface area contributed by atoms with Crippen LogP contribution in [0.5, 0.6) is 0 Å². The number of ether oxygens (including phenoxy) is 2. The number of halogens is 3. The van der Waals surface area contributed by atoms with Crippen LogP contribution in [-0.2, 0) is 30.3 Å². The number of aromatic nitrogens is 1. The van der Waals surface area contributed by atoms with Gasteiger partial charge in [-0.15, -0.1) is 11.3 Å². The molecular weight excluding hydrogens is 455 g/mol. The average molecular weight is 478 g/mol. The van der Waals surface area contributed by atoms with Crippen LogP contribution in [0.4, 0.5) is 13.2 Å². The van der Waals surface area contributed by atoms with Crippen LogP contribution in [0.3, 0.4) is 0 Å². The zero-order chi connectivity index (χ0) is 23.1. The molecule has 1 saturated heterocycles. The van der Waals surface area contributed by atoms with Gasteiger partial charge in [0.25, 0.3) is 0 Å². The minimum absolute atomic E-state index is 0.0456. The Balaban J connectivity index is 1.97. The third-order valence-corrected chi connectivity index (χ3v) is 8.86. The first-order valence-corrected chi connectivity index (χ1v) is 11.8. The van der Waals surface area contributed by atoms with Gasteiger partial charge in [-0.05, 0) is 45.0 Å². The first-order chi connectivity index (χ1) is 14.3. The normalized spacial score (nSPS) is 17.4. The summed E-state index contributed by atoms with van der Waals surface area (Å²) in [5.74, 6) is -0.828. The fourth-order valence-electron chi connectivity index (χ4n) is 3.16. The van der Waals surface area contributed by atoms with E-state index in [9.17, 15) is 26.4 Å². The molecule has 3 rings (SSSR count). The zero-order valence-electron chi connectivity index (χ0n) is 17.2. The van der Waals surface area contributed by atoms with Crippen molar-refractivity contribution in [2.24, 2.45) is 0 Å². The summed E-state index contributed by atoms with van der Waals surface area (Å²) < 4.78 is 74.2. The van der Waals surface area contributed by atoms with Crippen LogP contribution in [0.2, 0.25) is 0 Å². The number of pyridine rings is 1. The van der Waals surface area contributed by atoms with E-state index < -0.39 is 37.9 Å². The summed E-state index contributed by atoms with van der Waals surface area (Å²) in [4.78, 5) is 17.2. The molecule has 0 aromatic carbocycles. The quantitative estimate of drug-likeness (QED) is 0.604. The maximum atomic E-state index is 13.6. The second kappa shape index (κ2) is 8.18. The molecule has 1 fully saturated rings. The smallest absolute Gasteiger partial charge is 0.417 e. The van der Waals surface area contributed by atoms with Gasteiger partial charge in [-0.2, -0.15) is 13.2 Å². The van der Waals surface area contributed by atoms with E-state index >= 15 is 0 Å². The molecule has 6 nitrogen and oxygen atoms in total. The van der Waals surface area contributed by atoms with Crippen molar-refractivity contribution in [2.75, 3.05) is 13.2 Å². The van der Waals surface area contributed by atoms with E-state index in [4.69, 9.17) is 9.47 Å². The van der Waals surface area contributed by atoms with Gasteiger partial charge in [0.15, 0.2) is 4.75 Å². The summed E-state index contributed by atoms with van der Waals surface area (Å²) >= 11 is 0.854. The molecule has 0 saturated carbocycles. The molecule has 0 radical (unpaired) electrons. The predicted molar refractivity (Wildman–Crippen MR) is 108 cm³/mol. The van der Waals surface area contributed by atoms with Gasteiger partial charge in [0.2, 0.25) is 9.84 Å². The largest absolute Gasteiger partial charge is 0.459 e. The van der Waals surface area contributed by atoms with Gasteiger partial charge in [0.1, 0.15) is 9.81 Å². The van der Waals surface area contributed by atoms with Gasteiger partial charge in [-0.1, -0.05) is 0 Å². The second-order valence-electron chi connectivity index (χ2n) is 8.16. The van der Waals surface area contributed by atoms with E-state index in [2.05, 4.69) is 4.98 Å². The molecule has 0 bridgehead atoms. The van der Waals surface area contributed by atoms with E-state index in [0.717, 1.165) is 17.4 Å². The molecule has 1 aliphatic rings. The molecule has 3 heterocycles. The summed E-state index contributed by atoms with van der Waals surface area (Å²) in [5, 5.41) is 0. The average Bonchev–Trinajstić information content (AvgIpc) is 3.17. The van der Waals surface area contributed by atoms with Crippen LogP contribution in [-0.4, -0.2) is 42.9 Å². The Morgan fingerprint density at radius 3 is 2.29 bits per heavy atom. The SMILES string of the molecule is CC(C)(C)OC(=O)C1(S(=O)(=O)c2ccc(-c3ccc(C(F)(F)F)cn3)s2)CCOCC1. The molecule has 170 valence electrons. The van der Waals surface area contributed by atoms with Crippen molar-refractivity contribution in [1.82, 2.24) is 4.98 Å². The Morgan fingerprint density at radius 2 is 1.77 bits per heavy atom. The van der Waals surface area contributed by atoms with Crippen molar-refractivity contribution in [3.8, 4) is 10.6 Å². The number of sulfone groups is 1. The number of hydrogen-bond donors (Lipinski definition) is 0. The predicted octanol–water partition coefficient (Wildman–Crippen LogP) is 4.49. The van der Waals surface area contributed by atoms with Crippen LogP contribution < -0.4 is 0 Å². The van der Waals surface area contributed by atoms with Crippen molar-refractivity contribution in [3.63, 3.8) is 0 Å². The van der Waals surface area contributed by atoms with Gasteiger partial charge < -0.3 is 9.47 Å². The molecular formula is C20H22F3NO5S2. The Labute approximate surface area is 182 Å². The lowest BCUT2D eigenvalue weighted by molar-refractivity contribution is -0.160. The number of thiophene rings is 1. The van der Waals surface area contributed by atoms with Crippen LogP contribution >= 0.6 is 11.3 Å². The first-order valence-electron chi connectivity index (χ1n) is 9.46. The molecule has 0 atom stereocenters. The molecule has 2 aromatic heterocycles. The summed E-state index contributed by atoms with van der Waals surface area (Å²) in [7, 11) is -4.16. The summed E-state index contributed by atoms with van der Waals surface area (Å²) in [6.45, 7) is 5.16. The standard InChI is InChI=1S/C20H22F3NO5S2/c1-18(2,3)29-17(25)19(8-10-28-11-9-19)31(26,27)16-7-6-15(30-16)14-5-4-13(12-24-14)20(21,22)23/h4-7,12H,8-11H2,1-3H3. The van der Waals surface area contributed by atoms with Crippen molar-refractivity contribution >= 4 is 27.1 Å². The third kappa shape index (κ3) is 4.78. The molecule has 0 spiro atoms. The van der Waals surface area contributed by atoms with Gasteiger partial charge >= 0.3 is 12.1 Å². The van der Waals surface area contributed by atoms with Crippen LogP contribution in [0, 0.1) is 0 Å². The van der Waals surface area contributed by atoms with Crippen LogP contribution in [0.1, 0.15) is 39.2 Å². The Morgan fingerprint density at radius 1 is 1.13 bits per heavy atom. The molecule has 31 heavy (non-hydrogen) atoms. The fraction of sp³-hybridized carbons (Fsp3) is 0.500. The summed E-state index contributed by atoms with van der Waals surface area (Å²) in [5.41, 5.74) is -1.56. The Bertz CT molecular complexity index is 1050. The monoisotopic (exact) mass is 477 g/mol. The van der Waals surface area contributed by atoms with E-state index in [1.54, 1.807) is 20.8 Å². The lowest BCUT2D eigenvalue weighted by Gasteiger charge is -2.36. The van der Waals surface area contributed by atoms with Crippen molar-refractivity contribution < 1.29 is 35.9 Å². The topological polar surface area (TPSA) is 82.6 Å². The number of carbonyl (C=O) groups is 1. The number of nitrogens with zero attached hydrogens (tertiary/aromatic N) is 1. The van der Waals surface area contributed by atoms with Gasteiger partial charge in [-0.3, -0.25) is 9.78 Å². The second-order valence-corrected chi connectivity index (χ2v) is 11.7. The number of alkyl halides is 3. The van der Waals surface area contributed by atoms with E-state index in [1.807, 2.05) is 0 Å². The highest BCUT2D eigenvalue weighted by Crippen LogP contribution is 2.41. The van der Waals surface area contributed by atoms with Crippen LogP contribution in [0.25, 0.3) is 10.6 Å². The molecule has 1 aliphatic heterocycles. The highest BCUT2D eigenvalue weighted by atomic mass is 32.2. The Kier molecular flexibility index (Phi) is 6.25. The van der Waals surface area contributed by atoms with Gasteiger partial charge in [0.05, 0.1) is 16.1 Å². The maximum absolute atomic E-state index is 13.6. The lowest BCUT2D eigenvalue weighted by Crippen LogP contribution is -2.52. The fourth-order valence-corrected chi connectivity index (χ4v) is 6.66. The molecule has 11 heteroatoms. The number of rotatable bonds is 4. The number of hydrogen-bond acceptors (Lipinski definition) is 7. The van der Waals surface area contributed by atoms with Gasteiger partial charge in [-0.25, -0.2) is 8.42 Å². The Hall–Kier alpha value is -1.98. The van der Waals surface area contributed by atoms with E-state index in [0.29, 0.717) is 11.1 Å². The van der Waals surface area contributed by atoms with Crippen molar-refractivity contribution in [1.29, 1.82) is 0 Å². The minimum Gasteiger partial charge on any atom is -0.459 e. The molecule has 0 N–H and O–H groups in total. The van der Waals surface area contributed by atoms with E-state index in [-0.39, 0.29) is 36.0 Å². The lowest BCUT2D eigenvalue weighted by atomic mass is 9.99. The molecule has 0 unspecified atom stereocenters. The highest BCUT2D eigenvalue weighted by molar-refractivity contribution is 7.95. The van der Waals surface area contributed by atoms with Crippen molar-refractivity contribution in [2.45, 2.75) is 54.3 Å². The zero-order valence-corrected chi connectivity index (χ0v) is 18.8. The minimum atomic E-state index is -4.52. The maximum Gasteiger partial charge on any atom is 0.417 e. The summed E-state index contributed by atoms with van der Waals surface area (Å²) in [6.07, 6.45) is -3.91. The van der Waals surface area contributed by atoms with Crippen molar-refractivity contribution in [3.05, 3.63) is 36.0 Å². The highest BCUT2D eigenvalue weighted by Gasteiger charge is 2.55.